The lowest BCUT2D eigenvalue weighted by molar-refractivity contribution is 0.476. The zero-order valence-electron chi connectivity index (χ0n) is 7.05. The van der Waals surface area contributed by atoms with E-state index in [1.54, 1.807) is 6.20 Å². The number of benzene rings is 1. The van der Waals surface area contributed by atoms with Crippen molar-refractivity contribution in [1.29, 1.82) is 0 Å². The van der Waals surface area contributed by atoms with E-state index >= 15 is 0 Å². The van der Waals surface area contributed by atoms with E-state index in [-0.39, 0.29) is 0 Å². The lowest BCUT2D eigenvalue weighted by Gasteiger charge is -2.01. The highest BCUT2D eigenvalue weighted by atomic mass is 16.3. The molecule has 3 nitrogen and oxygen atoms in total. The minimum atomic E-state index is 0.299. The molecule has 0 unspecified atom stereocenters. The van der Waals surface area contributed by atoms with Gasteiger partial charge in [-0.3, -0.25) is 5.10 Å². The van der Waals surface area contributed by atoms with Crippen molar-refractivity contribution >= 4 is 10.9 Å². The fraction of sp³-hybridized carbons (Fsp3) is 0.222. The molecule has 1 aromatic carbocycles. The molecular weight excluding hydrogens is 152 g/mol. The average molecular weight is 162 g/mol. The van der Waals surface area contributed by atoms with Gasteiger partial charge in [0, 0.05) is 5.39 Å². The molecule has 0 amide bonds. The monoisotopic (exact) mass is 162 g/mol. The van der Waals surface area contributed by atoms with Gasteiger partial charge < -0.3 is 5.11 Å². The van der Waals surface area contributed by atoms with E-state index in [1.807, 2.05) is 19.9 Å². The van der Waals surface area contributed by atoms with Crippen LogP contribution in [-0.2, 0) is 0 Å². The summed E-state index contributed by atoms with van der Waals surface area (Å²) in [6.45, 7) is 3.88. The molecule has 0 spiro atoms. The Balaban J connectivity index is 2.97. The van der Waals surface area contributed by atoms with Gasteiger partial charge in [0.15, 0.2) is 0 Å². The number of fused-ring (bicyclic) bond motifs is 1. The number of phenols is 1. The fourth-order valence-electron chi connectivity index (χ4n) is 1.43. The van der Waals surface area contributed by atoms with Gasteiger partial charge in [-0.05, 0) is 25.0 Å². The van der Waals surface area contributed by atoms with Gasteiger partial charge in [0.1, 0.15) is 11.3 Å². The van der Waals surface area contributed by atoms with Crippen molar-refractivity contribution in [2.45, 2.75) is 13.8 Å². The predicted octanol–water partition coefficient (Wildman–Crippen LogP) is 1.89. The van der Waals surface area contributed by atoms with Gasteiger partial charge >= 0.3 is 0 Å². The largest absolute Gasteiger partial charge is 0.505 e. The molecule has 0 radical (unpaired) electrons. The lowest BCUT2D eigenvalue weighted by atomic mass is 10.1. The standard InChI is InChI=1S/C9H10N2O/c1-5-3-6(2)9(12)8-7(5)4-10-11-8/h3-4,12H,1-2H3,(H,10,11). The number of aromatic amines is 1. The zero-order chi connectivity index (χ0) is 8.72. The average Bonchev–Trinajstić information content (AvgIpc) is 2.48. The summed E-state index contributed by atoms with van der Waals surface area (Å²) in [6.07, 6.45) is 1.73. The Morgan fingerprint density at radius 1 is 1.33 bits per heavy atom. The summed E-state index contributed by atoms with van der Waals surface area (Å²) in [5.74, 6) is 0.299. The molecule has 0 atom stereocenters. The third-order valence-electron chi connectivity index (χ3n) is 2.11. The Morgan fingerprint density at radius 3 is 2.83 bits per heavy atom. The predicted molar refractivity (Wildman–Crippen MR) is 47.2 cm³/mol. The van der Waals surface area contributed by atoms with Gasteiger partial charge in [0.05, 0.1) is 6.20 Å². The molecule has 2 N–H and O–H groups in total. The van der Waals surface area contributed by atoms with E-state index in [1.165, 1.54) is 0 Å². The molecule has 0 aliphatic rings. The molecular formula is C9H10N2O. The Hall–Kier alpha value is -1.51. The van der Waals surface area contributed by atoms with Crippen LogP contribution in [0.25, 0.3) is 10.9 Å². The molecule has 62 valence electrons. The molecule has 0 fully saturated rings. The molecule has 3 heteroatoms. The topological polar surface area (TPSA) is 48.9 Å². The van der Waals surface area contributed by atoms with Crippen molar-refractivity contribution in [3.8, 4) is 5.75 Å². The number of H-pyrrole nitrogens is 1. The Kier molecular flexibility index (Phi) is 1.33. The normalized spacial score (nSPS) is 10.8. The third kappa shape index (κ3) is 0.794. The third-order valence-corrected chi connectivity index (χ3v) is 2.11. The van der Waals surface area contributed by atoms with Crippen molar-refractivity contribution in [1.82, 2.24) is 10.2 Å². The van der Waals surface area contributed by atoms with Crippen molar-refractivity contribution in [3.63, 3.8) is 0 Å². The quantitative estimate of drug-likeness (QED) is 0.621. The highest BCUT2D eigenvalue weighted by molar-refractivity contribution is 5.87. The maximum Gasteiger partial charge on any atom is 0.144 e. The second-order valence-corrected chi connectivity index (χ2v) is 3.02. The second-order valence-electron chi connectivity index (χ2n) is 3.02. The smallest absolute Gasteiger partial charge is 0.144 e. The maximum atomic E-state index is 9.60. The highest BCUT2D eigenvalue weighted by Crippen LogP contribution is 2.28. The summed E-state index contributed by atoms with van der Waals surface area (Å²) >= 11 is 0. The molecule has 0 saturated heterocycles. The van der Waals surface area contributed by atoms with Crippen LogP contribution in [0.5, 0.6) is 5.75 Å². The Bertz CT molecular complexity index is 431. The van der Waals surface area contributed by atoms with Gasteiger partial charge in [-0.2, -0.15) is 5.10 Å². The number of nitrogens with one attached hydrogen (secondary N) is 1. The van der Waals surface area contributed by atoms with E-state index in [0.717, 1.165) is 22.0 Å². The number of nitrogens with zero attached hydrogens (tertiary/aromatic N) is 1. The summed E-state index contributed by atoms with van der Waals surface area (Å²) in [5.41, 5.74) is 2.74. The summed E-state index contributed by atoms with van der Waals surface area (Å²) in [7, 11) is 0. The number of aryl methyl sites for hydroxylation is 2. The summed E-state index contributed by atoms with van der Waals surface area (Å²) in [4.78, 5) is 0. The lowest BCUT2D eigenvalue weighted by Crippen LogP contribution is -1.81. The van der Waals surface area contributed by atoms with E-state index in [9.17, 15) is 5.11 Å². The van der Waals surface area contributed by atoms with Crippen molar-refractivity contribution in [2.24, 2.45) is 0 Å². The van der Waals surface area contributed by atoms with Crippen LogP contribution in [0.1, 0.15) is 11.1 Å². The summed E-state index contributed by atoms with van der Waals surface area (Å²) in [6, 6.07) is 1.95. The molecule has 0 aliphatic carbocycles. The minimum Gasteiger partial charge on any atom is -0.505 e. The first-order chi connectivity index (χ1) is 5.70. The molecule has 0 aliphatic heterocycles. The summed E-state index contributed by atoms with van der Waals surface area (Å²) < 4.78 is 0. The van der Waals surface area contributed by atoms with Crippen molar-refractivity contribution in [2.75, 3.05) is 0 Å². The van der Waals surface area contributed by atoms with Crippen LogP contribution in [0.2, 0.25) is 0 Å². The molecule has 0 bridgehead atoms. The number of hydrogen-bond donors (Lipinski definition) is 2. The highest BCUT2D eigenvalue weighted by Gasteiger charge is 2.06. The first-order valence-corrected chi connectivity index (χ1v) is 3.82. The fourth-order valence-corrected chi connectivity index (χ4v) is 1.43. The minimum absolute atomic E-state index is 0.299. The number of hydrogen-bond acceptors (Lipinski definition) is 2. The van der Waals surface area contributed by atoms with Crippen LogP contribution in [0.4, 0.5) is 0 Å². The first-order valence-electron chi connectivity index (χ1n) is 3.82. The summed E-state index contributed by atoms with van der Waals surface area (Å²) in [5, 5.41) is 17.2. The van der Waals surface area contributed by atoms with Crippen LogP contribution >= 0.6 is 0 Å². The zero-order valence-corrected chi connectivity index (χ0v) is 7.05. The van der Waals surface area contributed by atoms with Crippen molar-refractivity contribution < 1.29 is 5.11 Å². The van der Waals surface area contributed by atoms with E-state index in [2.05, 4.69) is 10.2 Å². The van der Waals surface area contributed by atoms with Crippen LogP contribution in [-0.4, -0.2) is 15.3 Å². The Labute approximate surface area is 70.0 Å². The molecule has 1 heterocycles. The maximum absolute atomic E-state index is 9.60. The van der Waals surface area contributed by atoms with Crippen LogP contribution in [0.15, 0.2) is 12.3 Å². The molecule has 1 aromatic heterocycles. The van der Waals surface area contributed by atoms with E-state index < -0.39 is 0 Å². The van der Waals surface area contributed by atoms with E-state index in [4.69, 9.17) is 0 Å². The van der Waals surface area contributed by atoms with Gasteiger partial charge in [0.2, 0.25) is 0 Å². The molecule has 12 heavy (non-hydrogen) atoms. The number of rotatable bonds is 0. The second kappa shape index (κ2) is 2.24. The van der Waals surface area contributed by atoms with E-state index in [0.29, 0.717) is 5.75 Å². The van der Waals surface area contributed by atoms with Gasteiger partial charge in [0.25, 0.3) is 0 Å². The van der Waals surface area contributed by atoms with Crippen LogP contribution < -0.4 is 0 Å². The number of aromatic nitrogens is 2. The number of aromatic hydroxyl groups is 1. The van der Waals surface area contributed by atoms with Gasteiger partial charge in [-0.25, -0.2) is 0 Å². The van der Waals surface area contributed by atoms with Crippen molar-refractivity contribution in [3.05, 3.63) is 23.4 Å². The SMILES string of the molecule is Cc1cc(C)c2cn[nH]c2c1O. The van der Waals surface area contributed by atoms with Gasteiger partial charge in [-0.15, -0.1) is 0 Å². The molecule has 2 rings (SSSR count). The molecule has 0 saturated carbocycles. The Morgan fingerprint density at radius 2 is 2.08 bits per heavy atom. The number of phenolic OH excluding ortho intramolecular Hbond substituents is 1. The van der Waals surface area contributed by atoms with Crippen LogP contribution in [0, 0.1) is 13.8 Å². The van der Waals surface area contributed by atoms with Gasteiger partial charge in [-0.1, -0.05) is 6.07 Å². The first kappa shape index (κ1) is 7.16. The molecule has 2 aromatic rings. The van der Waals surface area contributed by atoms with Crippen LogP contribution in [0.3, 0.4) is 0 Å².